The van der Waals surface area contributed by atoms with E-state index in [1.165, 1.54) is 18.2 Å². The van der Waals surface area contributed by atoms with Crippen LogP contribution in [0.5, 0.6) is 0 Å². The first-order chi connectivity index (χ1) is 7.89. The van der Waals surface area contributed by atoms with Gasteiger partial charge in [-0.2, -0.15) is 18.2 Å². The topological polar surface area (TPSA) is 29.4 Å². The van der Waals surface area contributed by atoms with Crippen LogP contribution in [0.2, 0.25) is 5.02 Å². The maximum absolute atomic E-state index is 12.5. The van der Waals surface area contributed by atoms with Gasteiger partial charge in [-0.15, -0.1) is 0 Å². The zero-order valence-corrected chi connectivity index (χ0v) is 9.27. The summed E-state index contributed by atoms with van der Waals surface area (Å²) in [7, 11) is 0. The number of hydrogen-bond donors (Lipinski definition) is 0. The zero-order chi connectivity index (χ0) is 12.7. The van der Waals surface area contributed by atoms with Crippen LogP contribution in [0.25, 0.3) is 0 Å². The molecule has 0 aromatic heterocycles. The predicted octanol–water partition coefficient (Wildman–Crippen LogP) is 3.68. The summed E-state index contributed by atoms with van der Waals surface area (Å²) in [4.78, 5) is 13.9. The van der Waals surface area contributed by atoms with E-state index in [0.717, 1.165) is 6.07 Å². The fourth-order valence-corrected chi connectivity index (χ4v) is 1.99. The van der Waals surface area contributed by atoms with Crippen LogP contribution in [0.15, 0.2) is 23.2 Å². The van der Waals surface area contributed by atoms with Gasteiger partial charge in [-0.25, -0.2) is 4.79 Å². The lowest BCUT2D eigenvalue weighted by Crippen LogP contribution is -2.08. The number of aliphatic imine (C=N–C) groups is 1. The molecule has 0 amide bonds. The summed E-state index contributed by atoms with van der Waals surface area (Å²) in [6.07, 6.45) is -1.77. The summed E-state index contributed by atoms with van der Waals surface area (Å²) in [6, 6.07) is 3.44. The van der Waals surface area contributed by atoms with E-state index in [2.05, 4.69) is 4.99 Å². The molecule has 1 saturated carbocycles. The van der Waals surface area contributed by atoms with E-state index in [-0.39, 0.29) is 5.02 Å². The summed E-state index contributed by atoms with van der Waals surface area (Å²) in [5, 5.41) is -0.373. The van der Waals surface area contributed by atoms with Crippen molar-refractivity contribution < 1.29 is 18.0 Å². The average Bonchev–Trinajstić information content (AvgIpc) is 2.97. The number of hydrogen-bond acceptors (Lipinski definition) is 2. The molecule has 6 heteroatoms. The Morgan fingerprint density at radius 1 is 1.35 bits per heavy atom. The van der Waals surface area contributed by atoms with E-state index >= 15 is 0 Å². The molecule has 1 aromatic carbocycles. The van der Waals surface area contributed by atoms with Gasteiger partial charge in [0.2, 0.25) is 6.08 Å². The highest BCUT2D eigenvalue weighted by Crippen LogP contribution is 2.50. The number of alkyl halides is 3. The summed E-state index contributed by atoms with van der Waals surface area (Å²) >= 11 is 5.59. The van der Waals surface area contributed by atoms with Crippen LogP contribution in [0.3, 0.4) is 0 Å². The predicted molar refractivity (Wildman–Crippen MR) is 55.5 cm³/mol. The van der Waals surface area contributed by atoms with Crippen molar-refractivity contribution in [1.82, 2.24) is 0 Å². The maximum atomic E-state index is 12.5. The summed E-state index contributed by atoms with van der Waals surface area (Å²) in [6.45, 7) is 0. The van der Waals surface area contributed by atoms with E-state index in [0.29, 0.717) is 18.4 Å². The van der Waals surface area contributed by atoms with Crippen molar-refractivity contribution in [2.24, 2.45) is 4.99 Å². The molecule has 1 aliphatic carbocycles. The maximum Gasteiger partial charge on any atom is 0.417 e. The Labute approximate surface area is 100 Å². The molecule has 0 saturated heterocycles. The molecule has 1 fully saturated rings. The third-order valence-electron chi connectivity index (χ3n) is 2.80. The monoisotopic (exact) mass is 261 g/mol. The van der Waals surface area contributed by atoms with Gasteiger partial charge in [0.05, 0.1) is 16.1 Å². The molecule has 0 aliphatic heterocycles. The second kappa shape index (κ2) is 3.86. The van der Waals surface area contributed by atoms with Crippen LogP contribution in [-0.2, 0) is 16.5 Å². The normalized spacial score (nSPS) is 17.4. The molecule has 2 rings (SSSR count). The molecule has 0 unspecified atom stereocenters. The lowest BCUT2D eigenvalue weighted by molar-refractivity contribution is -0.137. The molecule has 2 nitrogen and oxygen atoms in total. The second-order valence-corrected chi connectivity index (χ2v) is 4.33. The van der Waals surface area contributed by atoms with Crippen LogP contribution < -0.4 is 0 Å². The number of carbonyl (C=O) groups excluding carboxylic acids is 1. The van der Waals surface area contributed by atoms with E-state index in [9.17, 15) is 18.0 Å². The fraction of sp³-hybridized carbons (Fsp3) is 0.364. The first-order valence-corrected chi connectivity index (χ1v) is 5.23. The number of nitrogens with zero attached hydrogens (tertiary/aromatic N) is 1. The van der Waals surface area contributed by atoms with Gasteiger partial charge in [0.1, 0.15) is 0 Å². The number of halogens is 4. The molecule has 0 heterocycles. The van der Waals surface area contributed by atoms with Gasteiger partial charge in [-0.1, -0.05) is 17.7 Å². The molecule has 0 bridgehead atoms. The Balaban J connectivity index is 2.42. The number of rotatable bonds is 2. The molecule has 0 radical (unpaired) electrons. The van der Waals surface area contributed by atoms with Gasteiger partial charge in [0.15, 0.2) is 0 Å². The lowest BCUT2D eigenvalue weighted by atomic mass is 10.0. The Bertz CT molecular complexity index is 502. The van der Waals surface area contributed by atoms with E-state index in [4.69, 9.17) is 11.6 Å². The van der Waals surface area contributed by atoms with Crippen molar-refractivity contribution in [1.29, 1.82) is 0 Å². The third-order valence-corrected chi connectivity index (χ3v) is 3.11. The van der Waals surface area contributed by atoms with Gasteiger partial charge in [0, 0.05) is 0 Å². The van der Waals surface area contributed by atoms with Gasteiger partial charge < -0.3 is 0 Å². The first kappa shape index (κ1) is 12.1. The Kier molecular flexibility index (Phi) is 2.76. The highest BCUT2D eigenvalue weighted by Gasteiger charge is 2.45. The molecule has 0 spiro atoms. The first-order valence-electron chi connectivity index (χ1n) is 4.85. The van der Waals surface area contributed by atoms with Crippen molar-refractivity contribution in [3.05, 3.63) is 34.3 Å². The highest BCUT2D eigenvalue weighted by atomic mass is 35.5. The van der Waals surface area contributed by atoms with Crippen LogP contribution >= 0.6 is 11.6 Å². The van der Waals surface area contributed by atoms with E-state index < -0.39 is 17.3 Å². The molecular formula is C11H7ClF3NO. The largest absolute Gasteiger partial charge is 0.417 e. The minimum absolute atomic E-state index is 0.373. The smallest absolute Gasteiger partial charge is 0.211 e. The van der Waals surface area contributed by atoms with Gasteiger partial charge in [-0.05, 0) is 30.5 Å². The molecule has 1 aromatic rings. The number of isocyanates is 1. The lowest BCUT2D eigenvalue weighted by Gasteiger charge is -2.13. The quantitative estimate of drug-likeness (QED) is 0.590. The third kappa shape index (κ3) is 2.21. The van der Waals surface area contributed by atoms with Crippen LogP contribution in [0.1, 0.15) is 24.0 Å². The summed E-state index contributed by atoms with van der Waals surface area (Å²) in [5.41, 5.74) is -1.05. The second-order valence-electron chi connectivity index (χ2n) is 3.93. The van der Waals surface area contributed by atoms with Crippen molar-refractivity contribution in [2.75, 3.05) is 0 Å². The van der Waals surface area contributed by atoms with Crippen molar-refractivity contribution in [3.8, 4) is 0 Å². The minimum Gasteiger partial charge on any atom is -0.211 e. The van der Waals surface area contributed by atoms with Crippen molar-refractivity contribution in [2.45, 2.75) is 24.6 Å². The van der Waals surface area contributed by atoms with Crippen LogP contribution in [0.4, 0.5) is 13.2 Å². The molecule has 90 valence electrons. The van der Waals surface area contributed by atoms with Crippen LogP contribution in [0, 0.1) is 0 Å². The Morgan fingerprint density at radius 2 is 2.00 bits per heavy atom. The highest BCUT2D eigenvalue weighted by molar-refractivity contribution is 6.31. The van der Waals surface area contributed by atoms with Crippen molar-refractivity contribution >= 4 is 17.7 Å². The van der Waals surface area contributed by atoms with Gasteiger partial charge in [-0.3, -0.25) is 0 Å². The molecular weight excluding hydrogens is 255 g/mol. The van der Waals surface area contributed by atoms with Crippen LogP contribution in [-0.4, -0.2) is 6.08 Å². The Hall–Kier alpha value is -1.32. The number of benzene rings is 1. The average molecular weight is 262 g/mol. The minimum atomic E-state index is -4.47. The van der Waals surface area contributed by atoms with E-state index in [1.54, 1.807) is 0 Å². The molecule has 1 aliphatic rings. The zero-order valence-electron chi connectivity index (χ0n) is 8.51. The summed E-state index contributed by atoms with van der Waals surface area (Å²) < 4.78 is 37.4. The Morgan fingerprint density at radius 3 is 2.41 bits per heavy atom. The SMILES string of the molecule is O=C=NC1(c2ccc(C(F)(F)F)c(Cl)c2)CC1. The molecule has 0 atom stereocenters. The van der Waals surface area contributed by atoms with Gasteiger partial charge in [0.25, 0.3) is 0 Å². The standard InChI is InChI=1S/C11H7ClF3NO/c12-9-5-7(10(3-4-10)16-6-17)1-2-8(9)11(13,14)15/h1-2,5H,3-4H2. The fourth-order valence-electron chi connectivity index (χ4n) is 1.71. The van der Waals surface area contributed by atoms with Crippen molar-refractivity contribution in [3.63, 3.8) is 0 Å². The molecule has 17 heavy (non-hydrogen) atoms. The molecule has 0 N–H and O–H groups in total. The van der Waals surface area contributed by atoms with Gasteiger partial charge >= 0.3 is 6.18 Å². The van der Waals surface area contributed by atoms with E-state index in [1.807, 2.05) is 0 Å². The summed E-state index contributed by atoms with van der Waals surface area (Å²) in [5.74, 6) is 0.